The topological polar surface area (TPSA) is 107 Å². The van der Waals surface area contributed by atoms with E-state index in [4.69, 9.17) is 4.74 Å². The van der Waals surface area contributed by atoms with Gasteiger partial charge >= 0.3 is 0 Å². The number of hydrogen-bond donors (Lipinski definition) is 1. The number of aromatic nitrogens is 3. The first kappa shape index (κ1) is 35.5. The van der Waals surface area contributed by atoms with E-state index >= 15 is 4.39 Å². The fourth-order valence-corrected chi connectivity index (χ4v) is 5.86. The molecule has 250 valence electrons. The minimum Gasteiger partial charge on any atom is -0.462 e. The summed E-state index contributed by atoms with van der Waals surface area (Å²) in [5, 5.41) is 0. The Hall–Kier alpha value is -4.36. The lowest BCUT2D eigenvalue weighted by molar-refractivity contribution is -0.138. The highest BCUT2D eigenvalue weighted by Gasteiger charge is 2.24. The van der Waals surface area contributed by atoms with Crippen LogP contribution in [0.3, 0.4) is 0 Å². The van der Waals surface area contributed by atoms with Crippen LogP contribution in [-0.2, 0) is 32.7 Å². The van der Waals surface area contributed by atoms with Crippen molar-refractivity contribution in [2.45, 2.75) is 51.4 Å². The van der Waals surface area contributed by atoms with Crippen LogP contribution in [0.25, 0.3) is 11.3 Å². The van der Waals surface area contributed by atoms with Crippen LogP contribution in [0.4, 0.5) is 18.9 Å². The predicted molar refractivity (Wildman–Crippen MR) is 174 cm³/mol. The van der Waals surface area contributed by atoms with Gasteiger partial charge in [-0.25, -0.2) is 27.9 Å². The van der Waals surface area contributed by atoms with Gasteiger partial charge in [0.2, 0.25) is 11.7 Å². The largest absolute Gasteiger partial charge is 0.462 e. The zero-order chi connectivity index (χ0) is 34.0. The Labute approximate surface area is 275 Å². The van der Waals surface area contributed by atoms with Crippen molar-refractivity contribution in [3.05, 3.63) is 95.8 Å². The molecule has 13 heteroatoms. The van der Waals surface area contributed by atoms with Crippen LogP contribution in [0.2, 0.25) is 0 Å². The molecular formula is C34H38F3N5O4S. The third-order valence-electron chi connectivity index (χ3n) is 7.04. The summed E-state index contributed by atoms with van der Waals surface area (Å²) in [4.78, 5) is 25.1. The zero-order valence-electron chi connectivity index (χ0n) is 26.7. The van der Waals surface area contributed by atoms with Crippen molar-refractivity contribution in [2.24, 2.45) is 5.92 Å². The maximum Gasteiger partial charge on any atom is 0.293 e. The van der Waals surface area contributed by atoms with Crippen LogP contribution in [0.15, 0.2) is 67.0 Å². The van der Waals surface area contributed by atoms with Gasteiger partial charge in [-0.2, -0.15) is 4.39 Å². The molecule has 1 fully saturated rings. The highest BCUT2D eigenvalue weighted by molar-refractivity contribution is 7.85. The van der Waals surface area contributed by atoms with Gasteiger partial charge in [-0.15, -0.1) is 0 Å². The van der Waals surface area contributed by atoms with Crippen molar-refractivity contribution in [2.75, 3.05) is 24.9 Å². The first-order valence-electron chi connectivity index (χ1n) is 15.0. The number of likely N-dealkylation sites (tertiary alicyclic amines) is 1. The summed E-state index contributed by atoms with van der Waals surface area (Å²) < 4.78 is 69.6. The molecule has 1 aliphatic heterocycles. The lowest BCUT2D eigenvalue weighted by Crippen LogP contribution is -2.33. The van der Waals surface area contributed by atoms with E-state index < -0.39 is 39.9 Å². The molecule has 0 bridgehead atoms. The smallest absolute Gasteiger partial charge is 0.293 e. The maximum absolute atomic E-state index is 15.0. The number of ether oxygens (including phenoxy) is 2. The minimum atomic E-state index is -1.90. The fraction of sp³-hybridized carbons (Fsp3) is 0.353. The summed E-state index contributed by atoms with van der Waals surface area (Å²) in [5.41, 5.74) is 0.443. The average molecular weight is 670 g/mol. The van der Waals surface area contributed by atoms with E-state index in [1.807, 2.05) is 20.8 Å². The molecule has 2 aromatic carbocycles. The monoisotopic (exact) mass is 669 g/mol. The Kier molecular flexibility index (Phi) is 12.4. The number of pyridine rings is 1. The molecule has 2 aromatic heterocycles. The van der Waals surface area contributed by atoms with Gasteiger partial charge in [0.1, 0.15) is 28.1 Å². The number of nitrogens with one attached hydrogen (secondary N) is 1. The Morgan fingerprint density at radius 1 is 1.04 bits per heavy atom. The first-order chi connectivity index (χ1) is 22.4. The van der Waals surface area contributed by atoms with Crippen molar-refractivity contribution in [3.8, 4) is 22.9 Å². The lowest BCUT2D eigenvalue weighted by atomic mass is 9.95. The second kappa shape index (κ2) is 16.5. The molecule has 47 heavy (non-hydrogen) atoms. The molecule has 0 radical (unpaired) electrons. The molecular weight excluding hydrogens is 631 g/mol. The van der Waals surface area contributed by atoms with Gasteiger partial charge < -0.3 is 14.4 Å². The van der Waals surface area contributed by atoms with Crippen molar-refractivity contribution >= 4 is 23.1 Å². The number of rotatable bonds is 10. The van der Waals surface area contributed by atoms with E-state index in [9.17, 15) is 17.8 Å². The van der Waals surface area contributed by atoms with E-state index in [0.29, 0.717) is 47.5 Å². The molecule has 1 N–H and O–H groups in total. The van der Waals surface area contributed by atoms with Gasteiger partial charge in [0.05, 0.1) is 17.0 Å². The van der Waals surface area contributed by atoms with Gasteiger partial charge in [-0.05, 0) is 76.9 Å². The molecule has 1 aliphatic rings. The standard InChI is InChI=1S/C29H28F3N5O2S.C5H10O2/c1-37-14-6-9-20(17-37)15-25-33-13-11-23(35-25)21-10-5-12-34-29(21)39-24-16-22(30)28(27(32)26(24)31)36-40(38)18-19-7-3-2-4-8-19;1-5(2,3)7-4-6/h2-5,7-8,10-13,16,20,36H,6,9,14-15,17-18H2,1H3;4H,1-3H3. The number of carbonyl (C=O) groups excluding carboxylic acids is 1. The van der Waals surface area contributed by atoms with Gasteiger partial charge in [0.15, 0.2) is 17.4 Å². The van der Waals surface area contributed by atoms with Gasteiger partial charge in [0, 0.05) is 31.4 Å². The fourth-order valence-electron chi connectivity index (χ4n) is 4.88. The zero-order valence-corrected chi connectivity index (χ0v) is 27.5. The average Bonchev–Trinajstić information content (AvgIpc) is 3.02. The molecule has 0 amide bonds. The summed E-state index contributed by atoms with van der Waals surface area (Å²) in [6, 6.07) is 14.5. The van der Waals surface area contributed by atoms with Crippen LogP contribution in [0, 0.1) is 23.4 Å². The minimum absolute atomic E-state index is 0.0186. The van der Waals surface area contributed by atoms with Crippen LogP contribution in [0.5, 0.6) is 11.6 Å². The molecule has 5 rings (SSSR count). The number of hydrogen-bond acceptors (Lipinski definition) is 8. The Morgan fingerprint density at radius 3 is 2.49 bits per heavy atom. The van der Waals surface area contributed by atoms with E-state index in [1.54, 1.807) is 54.7 Å². The summed E-state index contributed by atoms with van der Waals surface area (Å²) >= 11 is 0. The van der Waals surface area contributed by atoms with E-state index in [0.717, 1.165) is 25.9 Å². The molecule has 9 nitrogen and oxygen atoms in total. The molecule has 2 unspecified atom stereocenters. The lowest BCUT2D eigenvalue weighted by Gasteiger charge is -2.29. The van der Waals surface area contributed by atoms with Crippen LogP contribution < -0.4 is 9.46 Å². The number of carbonyl (C=O) groups is 1. The second-order valence-electron chi connectivity index (χ2n) is 12.1. The third kappa shape index (κ3) is 10.6. The summed E-state index contributed by atoms with van der Waals surface area (Å²) in [6.07, 6.45) is 5.99. The van der Waals surface area contributed by atoms with Gasteiger partial charge in [-0.1, -0.05) is 30.3 Å². The molecule has 0 saturated carbocycles. The number of benzene rings is 2. The van der Waals surface area contributed by atoms with Crippen molar-refractivity contribution < 1.29 is 31.6 Å². The summed E-state index contributed by atoms with van der Waals surface area (Å²) in [5.74, 6) is -3.84. The number of anilines is 1. The number of halogens is 3. The molecule has 3 heterocycles. The van der Waals surface area contributed by atoms with E-state index in [2.05, 4.69) is 36.4 Å². The third-order valence-corrected chi connectivity index (χ3v) is 8.06. The Bertz CT molecular complexity index is 1670. The number of nitrogens with zero attached hydrogens (tertiary/aromatic N) is 4. The molecule has 4 aromatic rings. The number of piperidine rings is 1. The first-order valence-corrected chi connectivity index (χ1v) is 16.4. The highest BCUT2D eigenvalue weighted by atomic mass is 32.2. The second-order valence-corrected chi connectivity index (χ2v) is 13.2. The van der Waals surface area contributed by atoms with Crippen molar-refractivity contribution in [1.82, 2.24) is 19.9 Å². The van der Waals surface area contributed by atoms with E-state index in [1.165, 1.54) is 6.20 Å². The quantitative estimate of drug-likeness (QED) is 0.144. The van der Waals surface area contributed by atoms with Crippen LogP contribution >= 0.6 is 0 Å². The van der Waals surface area contributed by atoms with E-state index in [-0.39, 0.29) is 17.2 Å². The Morgan fingerprint density at radius 2 is 1.81 bits per heavy atom. The van der Waals surface area contributed by atoms with Crippen LogP contribution in [0.1, 0.15) is 45.0 Å². The molecule has 0 spiro atoms. The van der Waals surface area contributed by atoms with Gasteiger partial charge in [0.25, 0.3) is 6.47 Å². The Balaban J connectivity index is 0.000000644. The molecule has 1 saturated heterocycles. The predicted octanol–water partition coefficient (Wildman–Crippen LogP) is 6.87. The highest BCUT2D eigenvalue weighted by Crippen LogP contribution is 2.35. The van der Waals surface area contributed by atoms with Crippen molar-refractivity contribution in [1.29, 1.82) is 0 Å². The summed E-state index contributed by atoms with van der Waals surface area (Å²) in [7, 11) is 0.199. The van der Waals surface area contributed by atoms with Crippen LogP contribution in [-0.4, -0.2) is 56.3 Å². The molecule has 2 atom stereocenters. The SMILES string of the molecule is CC(C)(C)OC=O.CN1CCCC(Cc2nccc(-c3cccnc3Oc3cc(F)c(NS(=O)Cc4ccccc4)c(F)c3F)n2)C1. The normalized spacial score (nSPS) is 15.6. The van der Waals surface area contributed by atoms with Crippen molar-refractivity contribution in [3.63, 3.8) is 0 Å². The molecule has 0 aliphatic carbocycles. The summed E-state index contributed by atoms with van der Waals surface area (Å²) in [6.45, 7) is 7.97. The maximum atomic E-state index is 15.0. The van der Waals surface area contributed by atoms with Gasteiger partial charge in [-0.3, -0.25) is 9.52 Å².